The molecular weight excluding hydrogens is 376 g/mol. The average molecular weight is 419 g/mol. The minimum Gasteiger partial charge on any atom is -0.494 e. The van der Waals surface area contributed by atoms with Gasteiger partial charge in [-0.05, 0) is 75.8 Å². The van der Waals surface area contributed by atoms with Gasteiger partial charge in [-0.2, -0.15) is 0 Å². The molecule has 170 valence electrons. The zero-order valence-electron chi connectivity index (χ0n) is 19.5. The van der Waals surface area contributed by atoms with Crippen molar-refractivity contribution in [3.63, 3.8) is 0 Å². The van der Waals surface area contributed by atoms with E-state index >= 15 is 0 Å². The third-order valence-electron chi connectivity index (χ3n) is 5.85. The molecule has 0 spiro atoms. The molecule has 1 heterocycles. The van der Waals surface area contributed by atoms with Gasteiger partial charge in [-0.25, -0.2) is 0 Å². The number of amides is 1. The maximum Gasteiger partial charge on any atom is 0.256 e. The van der Waals surface area contributed by atoms with Gasteiger partial charge in [-0.15, -0.1) is 0 Å². The molecule has 2 rings (SSSR count). The summed E-state index contributed by atoms with van der Waals surface area (Å²) >= 11 is 0. The number of carbonyl (C=O) groups excluding carboxylic acids is 1. The Bertz CT molecular complexity index is 609. The molecule has 5 heteroatoms. The van der Waals surface area contributed by atoms with E-state index in [0.717, 1.165) is 62.6 Å². The standard InChI is InChI=1S/C25H42N2O3/c1-5-7-15-25(4,30-18-6-2)24(28)26-22-11-13-23(14-12-22)29-19-9-17-27-16-8-10-21(3)20-27/h11-14,21H,5-10,15-20H2,1-4H3,(H,26,28)/t21-,25+/m1/s1. The average Bonchev–Trinajstić information content (AvgIpc) is 2.75. The molecule has 30 heavy (non-hydrogen) atoms. The quantitative estimate of drug-likeness (QED) is 0.430. The Morgan fingerprint density at radius 3 is 2.60 bits per heavy atom. The van der Waals surface area contributed by atoms with E-state index in [4.69, 9.17) is 9.47 Å². The van der Waals surface area contributed by atoms with Crippen LogP contribution in [0, 0.1) is 5.92 Å². The highest BCUT2D eigenvalue weighted by atomic mass is 16.5. The number of unbranched alkanes of at least 4 members (excludes halogenated alkanes) is 1. The van der Waals surface area contributed by atoms with Gasteiger partial charge in [-0.3, -0.25) is 4.79 Å². The molecule has 0 unspecified atom stereocenters. The molecule has 1 amide bonds. The zero-order chi connectivity index (χ0) is 21.8. The van der Waals surface area contributed by atoms with Crippen LogP contribution in [0.15, 0.2) is 24.3 Å². The van der Waals surface area contributed by atoms with Crippen LogP contribution in [0.4, 0.5) is 5.69 Å². The molecular formula is C25H42N2O3. The third kappa shape index (κ3) is 8.27. The molecule has 1 aromatic rings. The monoisotopic (exact) mass is 418 g/mol. The number of piperidine rings is 1. The van der Waals surface area contributed by atoms with Gasteiger partial charge in [0.2, 0.25) is 0 Å². The van der Waals surface area contributed by atoms with Gasteiger partial charge in [0, 0.05) is 25.4 Å². The van der Waals surface area contributed by atoms with Crippen LogP contribution in [0.2, 0.25) is 0 Å². The molecule has 0 aromatic heterocycles. The first-order chi connectivity index (χ1) is 14.5. The summed E-state index contributed by atoms with van der Waals surface area (Å²) in [4.78, 5) is 15.4. The Hall–Kier alpha value is -1.59. The second kappa shape index (κ2) is 13.0. The molecule has 0 saturated carbocycles. The largest absolute Gasteiger partial charge is 0.494 e. The first-order valence-electron chi connectivity index (χ1n) is 11.9. The Labute approximate surface area is 183 Å². The Kier molecular flexibility index (Phi) is 10.7. The van der Waals surface area contributed by atoms with Crippen LogP contribution in [0.5, 0.6) is 5.75 Å². The number of likely N-dealkylation sites (tertiary alicyclic amines) is 1. The normalized spacial score (nSPS) is 19.3. The number of nitrogens with one attached hydrogen (secondary N) is 1. The van der Waals surface area contributed by atoms with Crippen LogP contribution in [0.3, 0.4) is 0 Å². The van der Waals surface area contributed by atoms with E-state index in [0.29, 0.717) is 6.61 Å². The van der Waals surface area contributed by atoms with E-state index in [1.54, 1.807) is 0 Å². The van der Waals surface area contributed by atoms with Crippen molar-refractivity contribution in [1.29, 1.82) is 0 Å². The van der Waals surface area contributed by atoms with Crippen molar-refractivity contribution >= 4 is 11.6 Å². The molecule has 1 saturated heterocycles. The first-order valence-corrected chi connectivity index (χ1v) is 11.9. The number of nitrogens with zero attached hydrogens (tertiary/aromatic N) is 1. The second-order valence-corrected chi connectivity index (χ2v) is 8.91. The maximum absolute atomic E-state index is 12.8. The topological polar surface area (TPSA) is 50.8 Å². The Morgan fingerprint density at radius 2 is 1.93 bits per heavy atom. The number of hydrogen-bond acceptors (Lipinski definition) is 4. The Morgan fingerprint density at radius 1 is 1.17 bits per heavy atom. The van der Waals surface area contributed by atoms with Gasteiger partial charge in [0.1, 0.15) is 11.4 Å². The van der Waals surface area contributed by atoms with Crippen LogP contribution in [0.1, 0.15) is 72.6 Å². The van der Waals surface area contributed by atoms with Gasteiger partial charge in [0.25, 0.3) is 5.91 Å². The molecule has 1 aliphatic heterocycles. The summed E-state index contributed by atoms with van der Waals surface area (Å²) in [5.41, 5.74) is -0.00914. The second-order valence-electron chi connectivity index (χ2n) is 8.91. The van der Waals surface area contributed by atoms with Crippen LogP contribution >= 0.6 is 0 Å². The van der Waals surface area contributed by atoms with Crippen molar-refractivity contribution in [3.8, 4) is 5.75 Å². The number of carbonyl (C=O) groups is 1. The zero-order valence-corrected chi connectivity index (χ0v) is 19.5. The highest BCUT2D eigenvalue weighted by Gasteiger charge is 2.33. The molecule has 1 aliphatic rings. The third-order valence-corrected chi connectivity index (χ3v) is 5.85. The van der Waals surface area contributed by atoms with Gasteiger partial charge in [0.15, 0.2) is 0 Å². The summed E-state index contributed by atoms with van der Waals surface area (Å²) in [5.74, 6) is 1.59. The van der Waals surface area contributed by atoms with Crippen LogP contribution in [0.25, 0.3) is 0 Å². The summed E-state index contributed by atoms with van der Waals surface area (Å²) < 4.78 is 11.8. The summed E-state index contributed by atoms with van der Waals surface area (Å²) in [6.07, 6.45) is 7.35. The van der Waals surface area contributed by atoms with Crippen molar-refractivity contribution in [1.82, 2.24) is 4.90 Å². The van der Waals surface area contributed by atoms with Gasteiger partial charge < -0.3 is 19.7 Å². The fourth-order valence-electron chi connectivity index (χ4n) is 3.96. The van der Waals surface area contributed by atoms with Crippen LogP contribution in [-0.4, -0.2) is 49.3 Å². The smallest absolute Gasteiger partial charge is 0.256 e. The van der Waals surface area contributed by atoms with E-state index in [1.165, 1.54) is 25.9 Å². The lowest BCUT2D eigenvalue weighted by atomic mass is 9.97. The molecule has 0 aliphatic carbocycles. The highest BCUT2D eigenvalue weighted by molar-refractivity contribution is 5.97. The van der Waals surface area contributed by atoms with E-state index in [1.807, 2.05) is 31.2 Å². The lowest BCUT2D eigenvalue weighted by Gasteiger charge is -2.30. The van der Waals surface area contributed by atoms with Gasteiger partial charge in [0.05, 0.1) is 6.61 Å². The van der Waals surface area contributed by atoms with Crippen LogP contribution in [-0.2, 0) is 9.53 Å². The number of anilines is 1. The fourth-order valence-corrected chi connectivity index (χ4v) is 3.96. The molecule has 2 atom stereocenters. The lowest BCUT2D eigenvalue weighted by molar-refractivity contribution is -0.140. The van der Waals surface area contributed by atoms with Crippen LogP contribution < -0.4 is 10.1 Å². The first kappa shape index (κ1) is 24.7. The predicted octanol–water partition coefficient (Wildman–Crippen LogP) is 5.50. The summed E-state index contributed by atoms with van der Waals surface area (Å²) in [6.45, 7) is 13.3. The van der Waals surface area contributed by atoms with E-state index in [-0.39, 0.29) is 5.91 Å². The lowest BCUT2D eigenvalue weighted by Crippen LogP contribution is -2.43. The number of ether oxygens (including phenoxy) is 2. The Balaban J connectivity index is 1.77. The number of hydrogen-bond donors (Lipinski definition) is 1. The molecule has 0 radical (unpaired) electrons. The van der Waals surface area contributed by atoms with Crippen molar-refractivity contribution < 1.29 is 14.3 Å². The minimum atomic E-state index is -0.785. The van der Waals surface area contributed by atoms with E-state index < -0.39 is 5.60 Å². The van der Waals surface area contributed by atoms with Crippen molar-refractivity contribution in [2.45, 2.75) is 78.2 Å². The van der Waals surface area contributed by atoms with Crippen molar-refractivity contribution in [2.24, 2.45) is 5.92 Å². The summed E-state index contributed by atoms with van der Waals surface area (Å²) in [7, 11) is 0. The highest BCUT2D eigenvalue weighted by Crippen LogP contribution is 2.23. The van der Waals surface area contributed by atoms with E-state index in [9.17, 15) is 4.79 Å². The van der Waals surface area contributed by atoms with Gasteiger partial charge in [-0.1, -0.05) is 33.6 Å². The molecule has 0 bridgehead atoms. The minimum absolute atomic E-state index is 0.0752. The number of rotatable bonds is 13. The van der Waals surface area contributed by atoms with E-state index in [2.05, 4.69) is 31.0 Å². The fraction of sp³-hybridized carbons (Fsp3) is 0.720. The summed E-state index contributed by atoms with van der Waals surface area (Å²) in [5, 5.41) is 3.02. The number of benzene rings is 1. The predicted molar refractivity (Wildman–Crippen MR) is 124 cm³/mol. The van der Waals surface area contributed by atoms with Crippen molar-refractivity contribution in [2.75, 3.05) is 38.2 Å². The SMILES string of the molecule is CCCC[C@](C)(OCCC)C(=O)Nc1ccc(OCCCN2CCC[C@@H](C)C2)cc1. The van der Waals surface area contributed by atoms with Gasteiger partial charge >= 0.3 is 0 Å². The molecule has 1 N–H and O–H groups in total. The molecule has 1 aromatic carbocycles. The molecule has 1 fully saturated rings. The maximum atomic E-state index is 12.8. The summed E-state index contributed by atoms with van der Waals surface area (Å²) in [6, 6.07) is 7.66. The molecule has 5 nitrogen and oxygen atoms in total. The van der Waals surface area contributed by atoms with Crippen molar-refractivity contribution in [3.05, 3.63) is 24.3 Å².